The quantitative estimate of drug-likeness (QED) is 0.810. The molecule has 3 heteroatoms. The lowest BCUT2D eigenvalue weighted by atomic mass is 9.75. The van der Waals surface area contributed by atoms with E-state index in [-0.39, 0.29) is 12.5 Å². The molecule has 0 aromatic heterocycles. The van der Waals surface area contributed by atoms with E-state index in [1.807, 2.05) is 38.4 Å². The molecular formula is C17H25NO2. The predicted octanol–water partition coefficient (Wildman–Crippen LogP) is 2.28. The molecule has 1 aliphatic carbocycles. The number of allylic oxidation sites excluding steroid dienone is 2. The van der Waals surface area contributed by atoms with Crippen LogP contribution in [0.3, 0.4) is 0 Å². The van der Waals surface area contributed by atoms with Gasteiger partial charge in [0.1, 0.15) is 5.60 Å². The molecule has 0 saturated carbocycles. The van der Waals surface area contributed by atoms with Crippen molar-refractivity contribution in [1.82, 2.24) is 4.90 Å². The number of aliphatic hydroxyl groups is 2. The molecule has 2 unspecified atom stereocenters. The van der Waals surface area contributed by atoms with Crippen molar-refractivity contribution < 1.29 is 10.2 Å². The number of hydrogen-bond donors (Lipinski definition) is 2. The minimum absolute atomic E-state index is 0.0946. The van der Waals surface area contributed by atoms with Crippen LogP contribution in [-0.2, 0) is 12.1 Å². The highest BCUT2D eigenvalue weighted by Gasteiger charge is 2.37. The van der Waals surface area contributed by atoms with Gasteiger partial charge in [-0.2, -0.15) is 0 Å². The SMILES string of the molecule is CN(C)Cc1ccc(C(O)(CO)C2CC=CCC2)cc1. The fraction of sp³-hybridized carbons (Fsp3) is 0.529. The highest BCUT2D eigenvalue weighted by molar-refractivity contribution is 5.28. The lowest BCUT2D eigenvalue weighted by molar-refractivity contribution is -0.0708. The summed E-state index contributed by atoms with van der Waals surface area (Å²) in [6.07, 6.45) is 6.99. The van der Waals surface area contributed by atoms with Gasteiger partial charge in [0.25, 0.3) is 0 Å². The van der Waals surface area contributed by atoms with E-state index in [0.717, 1.165) is 31.4 Å². The van der Waals surface area contributed by atoms with Crippen molar-refractivity contribution in [3.8, 4) is 0 Å². The van der Waals surface area contributed by atoms with Crippen LogP contribution in [0.4, 0.5) is 0 Å². The third-order valence-electron chi connectivity index (χ3n) is 4.14. The molecule has 0 spiro atoms. The molecule has 20 heavy (non-hydrogen) atoms. The Morgan fingerprint density at radius 3 is 2.40 bits per heavy atom. The number of hydrogen-bond acceptors (Lipinski definition) is 3. The molecule has 3 nitrogen and oxygen atoms in total. The van der Waals surface area contributed by atoms with E-state index in [4.69, 9.17) is 0 Å². The first-order chi connectivity index (χ1) is 9.56. The van der Waals surface area contributed by atoms with Crippen molar-refractivity contribution in [3.63, 3.8) is 0 Å². The predicted molar refractivity (Wildman–Crippen MR) is 81.3 cm³/mol. The summed E-state index contributed by atoms with van der Waals surface area (Å²) in [5.41, 5.74) is 0.909. The van der Waals surface area contributed by atoms with E-state index >= 15 is 0 Å². The van der Waals surface area contributed by atoms with Crippen LogP contribution in [0.25, 0.3) is 0 Å². The zero-order valence-electron chi connectivity index (χ0n) is 12.4. The van der Waals surface area contributed by atoms with Crippen molar-refractivity contribution in [2.45, 2.75) is 31.4 Å². The standard InChI is InChI=1S/C17H25NO2/c1-18(2)12-14-8-10-16(11-9-14)17(20,13-19)15-6-4-3-5-7-15/h3-4,8-11,15,19-20H,5-7,12-13H2,1-2H3. The van der Waals surface area contributed by atoms with Crippen LogP contribution in [0.2, 0.25) is 0 Å². The van der Waals surface area contributed by atoms with Crippen LogP contribution >= 0.6 is 0 Å². The molecule has 110 valence electrons. The summed E-state index contributed by atoms with van der Waals surface area (Å²) >= 11 is 0. The normalized spacial score (nSPS) is 21.9. The Morgan fingerprint density at radius 1 is 1.20 bits per heavy atom. The van der Waals surface area contributed by atoms with Crippen molar-refractivity contribution >= 4 is 0 Å². The first kappa shape index (κ1) is 15.2. The Labute approximate surface area is 121 Å². The summed E-state index contributed by atoms with van der Waals surface area (Å²) in [6.45, 7) is 0.655. The highest BCUT2D eigenvalue weighted by atomic mass is 16.3. The molecule has 0 amide bonds. The van der Waals surface area contributed by atoms with Gasteiger partial charge in [0, 0.05) is 6.54 Å². The molecule has 0 saturated heterocycles. The number of rotatable bonds is 5. The van der Waals surface area contributed by atoms with E-state index in [2.05, 4.69) is 17.1 Å². The molecule has 1 aliphatic rings. The second-order valence-electron chi connectivity index (χ2n) is 6.00. The van der Waals surface area contributed by atoms with E-state index in [1.165, 1.54) is 5.56 Å². The molecule has 0 bridgehead atoms. The third-order valence-corrected chi connectivity index (χ3v) is 4.14. The molecule has 1 aromatic carbocycles. The second kappa shape index (κ2) is 6.53. The van der Waals surface area contributed by atoms with Crippen molar-refractivity contribution in [2.24, 2.45) is 5.92 Å². The van der Waals surface area contributed by atoms with Gasteiger partial charge < -0.3 is 15.1 Å². The van der Waals surface area contributed by atoms with E-state index in [9.17, 15) is 10.2 Å². The Hall–Kier alpha value is -1.16. The molecule has 0 heterocycles. The van der Waals surface area contributed by atoms with Gasteiger partial charge >= 0.3 is 0 Å². The Morgan fingerprint density at radius 2 is 1.90 bits per heavy atom. The zero-order chi connectivity index (χ0) is 14.6. The summed E-state index contributed by atoms with van der Waals surface area (Å²) in [5, 5.41) is 20.6. The lowest BCUT2D eigenvalue weighted by Crippen LogP contribution is -2.39. The minimum atomic E-state index is -1.12. The van der Waals surface area contributed by atoms with Crippen molar-refractivity contribution in [1.29, 1.82) is 0 Å². The number of benzene rings is 1. The van der Waals surface area contributed by atoms with Gasteiger partial charge in [-0.3, -0.25) is 0 Å². The Kier molecular flexibility index (Phi) is 4.97. The first-order valence-electron chi connectivity index (χ1n) is 7.28. The number of nitrogens with zero attached hydrogens (tertiary/aromatic N) is 1. The molecule has 2 N–H and O–H groups in total. The summed E-state index contributed by atoms with van der Waals surface area (Å²) in [6, 6.07) is 7.98. The van der Waals surface area contributed by atoms with Crippen LogP contribution in [0, 0.1) is 5.92 Å². The van der Waals surface area contributed by atoms with Gasteiger partial charge in [-0.15, -0.1) is 0 Å². The topological polar surface area (TPSA) is 43.7 Å². The summed E-state index contributed by atoms with van der Waals surface area (Å²) in [7, 11) is 4.07. The van der Waals surface area contributed by atoms with Crippen molar-refractivity contribution in [3.05, 3.63) is 47.5 Å². The van der Waals surface area contributed by atoms with Gasteiger partial charge in [-0.1, -0.05) is 36.4 Å². The largest absolute Gasteiger partial charge is 0.393 e. The Balaban J connectivity index is 2.20. The van der Waals surface area contributed by atoms with Crippen LogP contribution in [-0.4, -0.2) is 35.8 Å². The van der Waals surface area contributed by atoms with Gasteiger partial charge in [0.2, 0.25) is 0 Å². The van der Waals surface area contributed by atoms with Crippen LogP contribution in [0.5, 0.6) is 0 Å². The molecule has 0 aliphatic heterocycles. The summed E-state index contributed by atoms with van der Waals surface area (Å²) in [5.74, 6) is 0.0946. The average molecular weight is 275 g/mol. The molecular weight excluding hydrogens is 250 g/mol. The zero-order valence-corrected chi connectivity index (χ0v) is 12.4. The lowest BCUT2D eigenvalue weighted by Gasteiger charge is -2.36. The molecule has 0 radical (unpaired) electrons. The first-order valence-corrected chi connectivity index (χ1v) is 7.28. The summed E-state index contributed by atoms with van der Waals surface area (Å²) in [4.78, 5) is 2.11. The maximum Gasteiger partial charge on any atom is 0.116 e. The smallest absolute Gasteiger partial charge is 0.116 e. The fourth-order valence-corrected chi connectivity index (χ4v) is 2.95. The Bertz CT molecular complexity index is 453. The van der Waals surface area contributed by atoms with E-state index < -0.39 is 5.60 Å². The molecule has 0 fully saturated rings. The monoisotopic (exact) mass is 275 g/mol. The summed E-state index contributed by atoms with van der Waals surface area (Å²) < 4.78 is 0. The highest BCUT2D eigenvalue weighted by Crippen LogP contribution is 2.37. The van der Waals surface area contributed by atoms with Gasteiger partial charge in [0.15, 0.2) is 0 Å². The maximum atomic E-state index is 10.9. The second-order valence-corrected chi connectivity index (χ2v) is 6.00. The van der Waals surface area contributed by atoms with Gasteiger partial charge in [-0.05, 0) is 50.4 Å². The number of aliphatic hydroxyl groups excluding tert-OH is 1. The molecule has 2 atom stereocenters. The van der Waals surface area contributed by atoms with Crippen LogP contribution in [0.15, 0.2) is 36.4 Å². The van der Waals surface area contributed by atoms with Crippen LogP contribution < -0.4 is 0 Å². The minimum Gasteiger partial charge on any atom is -0.393 e. The van der Waals surface area contributed by atoms with Crippen molar-refractivity contribution in [2.75, 3.05) is 20.7 Å². The van der Waals surface area contributed by atoms with Gasteiger partial charge in [0.05, 0.1) is 6.61 Å². The fourth-order valence-electron chi connectivity index (χ4n) is 2.95. The van der Waals surface area contributed by atoms with Crippen LogP contribution in [0.1, 0.15) is 30.4 Å². The molecule has 2 rings (SSSR count). The maximum absolute atomic E-state index is 10.9. The molecule has 1 aromatic rings. The van der Waals surface area contributed by atoms with E-state index in [1.54, 1.807) is 0 Å². The third kappa shape index (κ3) is 3.29. The van der Waals surface area contributed by atoms with E-state index in [0.29, 0.717) is 0 Å². The van der Waals surface area contributed by atoms with Gasteiger partial charge in [-0.25, -0.2) is 0 Å². The average Bonchev–Trinajstić information content (AvgIpc) is 2.47.